The monoisotopic (exact) mass is 398 g/mol. The molecule has 0 unspecified atom stereocenters. The summed E-state index contributed by atoms with van der Waals surface area (Å²) in [5, 5.41) is 6.51. The first-order valence-corrected chi connectivity index (χ1v) is 8.97. The smallest absolute Gasteiger partial charge is 0.255 e. The second-order valence-electron chi connectivity index (χ2n) is 5.87. The molecule has 4 nitrogen and oxygen atoms in total. The van der Waals surface area contributed by atoms with Crippen LogP contribution in [0.2, 0.25) is 10.0 Å². The number of amides is 2. The summed E-state index contributed by atoms with van der Waals surface area (Å²) in [5.41, 5.74) is 2.42. The zero-order chi connectivity index (χ0) is 19.2. The Morgan fingerprint density at radius 3 is 2.19 bits per heavy atom. The Hall–Kier alpha value is -2.82. The van der Waals surface area contributed by atoms with Crippen LogP contribution in [-0.2, 0) is 11.2 Å². The highest BCUT2D eigenvalue weighted by molar-refractivity contribution is 6.34. The molecule has 0 spiro atoms. The highest BCUT2D eigenvalue weighted by Crippen LogP contribution is 2.26. The fourth-order valence-corrected chi connectivity index (χ4v) is 2.82. The quantitative estimate of drug-likeness (QED) is 0.601. The van der Waals surface area contributed by atoms with E-state index < -0.39 is 0 Å². The SMILES string of the molecule is O=C(Cc1ccc(Cl)cc1)Nc1ccc(NC(=O)c2ccccc2)c(Cl)c1. The van der Waals surface area contributed by atoms with E-state index in [1.165, 1.54) is 0 Å². The summed E-state index contributed by atoms with van der Waals surface area (Å²) in [4.78, 5) is 24.4. The van der Waals surface area contributed by atoms with Crippen molar-refractivity contribution in [3.63, 3.8) is 0 Å². The molecule has 0 aliphatic carbocycles. The van der Waals surface area contributed by atoms with Crippen LogP contribution in [0.1, 0.15) is 15.9 Å². The molecular weight excluding hydrogens is 383 g/mol. The first-order chi connectivity index (χ1) is 13.0. The van der Waals surface area contributed by atoms with Gasteiger partial charge in [-0.05, 0) is 48.0 Å². The number of rotatable bonds is 5. The second kappa shape index (κ2) is 8.71. The molecule has 0 saturated carbocycles. The average Bonchev–Trinajstić information content (AvgIpc) is 2.66. The lowest BCUT2D eigenvalue weighted by Crippen LogP contribution is -2.15. The molecule has 3 aromatic carbocycles. The van der Waals surface area contributed by atoms with Crippen LogP contribution < -0.4 is 10.6 Å². The van der Waals surface area contributed by atoms with Gasteiger partial charge in [-0.1, -0.05) is 53.5 Å². The number of benzene rings is 3. The van der Waals surface area contributed by atoms with E-state index in [1.807, 2.05) is 6.07 Å². The molecule has 136 valence electrons. The van der Waals surface area contributed by atoms with E-state index in [0.29, 0.717) is 27.0 Å². The maximum absolute atomic E-state index is 12.2. The molecule has 3 rings (SSSR count). The largest absolute Gasteiger partial charge is 0.326 e. The Morgan fingerprint density at radius 1 is 0.815 bits per heavy atom. The number of carbonyl (C=O) groups is 2. The Bertz CT molecular complexity index is 958. The minimum absolute atomic E-state index is 0.172. The van der Waals surface area contributed by atoms with E-state index in [1.54, 1.807) is 66.7 Å². The van der Waals surface area contributed by atoms with E-state index in [4.69, 9.17) is 23.2 Å². The van der Waals surface area contributed by atoms with Crippen molar-refractivity contribution in [3.8, 4) is 0 Å². The fourth-order valence-electron chi connectivity index (χ4n) is 2.47. The van der Waals surface area contributed by atoms with Crippen LogP contribution in [-0.4, -0.2) is 11.8 Å². The lowest BCUT2D eigenvalue weighted by Gasteiger charge is -2.10. The minimum atomic E-state index is -0.253. The standard InChI is InChI=1S/C21H16Cl2N2O2/c22-16-8-6-14(7-9-16)12-20(26)24-17-10-11-19(18(23)13-17)25-21(27)15-4-2-1-3-5-15/h1-11,13H,12H2,(H,24,26)(H,25,27). The zero-order valence-corrected chi connectivity index (χ0v) is 15.7. The van der Waals surface area contributed by atoms with Crippen LogP contribution in [0.15, 0.2) is 72.8 Å². The summed E-state index contributed by atoms with van der Waals surface area (Å²) in [6, 6.07) is 20.9. The van der Waals surface area contributed by atoms with Crippen molar-refractivity contribution >= 4 is 46.4 Å². The van der Waals surface area contributed by atoms with Crippen LogP contribution in [0.4, 0.5) is 11.4 Å². The van der Waals surface area contributed by atoms with Gasteiger partial charge in [0, 0.05) is 16.3 Å². The highest BCUT2D eigenvalue weighted by Gasteiger charge is 2.10. The van der Waals surface area contributed by atoms with Gasteiger partial charge in [-0.25, -0.2) is 0 Å². The zero-order valence-electron chi connectivity index (χ0n) is 14.2. The predicted molar refractivity (Wildman–Crippen MR) is 110 cm³/mol. The van der Waals surface area contributed by atoms with Gasteiger partial charge in [0.2, 0.25) is 5.91 Å². The average molecular weight is 399 g/mol. The van der Waals surface area contributed by atoms with E-state index in [2.05, 4.69) is 10.6 Å². The Balaban J connectivity index is 1.63. The summed E-state index contributed by atoms with van der Waals surface area (Å²) in [7, 11) is 0. The maximum atomic E-state index is 12.2. The van der Waals surface area contributed by atoms with Crippen molar-refractivity contribution in [1.29, 1.82) is 0 Å². The molecule has 0 saturated heterocycles. The summed E-state index contributed by atoms with van der Waals surface area (Å²) in [6.07, 6.45) is 0.223. The third kappa shape index (κ3) is 5.33. The van der Waals surface area contributed by atoms with E-state index in [0.717, 1.165) is 5.56 Å². The van der Waals surface area contributed by atoms with Crippen LogP contribution >= 0.6 is 23.2 Å². The third-order valence-corrected chi connectivity index (χ3v) is 4.38. The van der Waals surface area contributed by atoms with Gasteiger partial charge in [0.05, 0.1) is 17.1 Å². The molecule has 0 heterocycles. The molecule has 0 aromatic heterocycles. The van der Waals surface area contributed by atoms with Gasteiger partial charge in [-0.15, -0.1) is 0 Å². The topological polar surface area (TPSA) is 58.2 Å². The van der Waals surface area contributed by atoms with Crippen LogP contribution in [0, 0.1) is 0 Å². The van der Waals surface area contributed by atoms with Crippen molar-refractivity contribution < 1.29 is 9.59 Å². The van der Waals surface area contributed by atoms with E-state index in [9.17, 15) is 9.59 Å². The van der Waals surface area contributed by atoms with Gasteiger partial charge in [-0.2, -0.15) is 0 Å². The Kier molecular flexibility index (Phi) is 6.12. The number of carbonyl (C=O) groups excluding carboxylic acids is 2. The molecule has 27 heavy (non-hydrogen) atoms. The number of hydrogen-bond donors (Lipinski definition) is 2. The van der Waals surface area contributed by atoms with Gasteiger partial charge in [0.25, 0.3) is 5.91 Å². The summed E-state index contributed by atoms with van der Waals surface area (Å²) in [6.45, 7) is 0. The summed E-state index contributed by atoms with van der Waals surface area (Å²) >= 11 is 12.1. The maximum Gasteiger partial charge on any atom is 0.255 e. The van der Waals surface area contributed by atoms with Crippen LogP contribution in [0.3, 0.4) is 0 Å². The Labute approximate surface area is 167 Å². The van der Waals surface area contributed by atoms with Crippen molar-refractivity contribution in [2.24, 2.45) is 0 Å². The van der Waals surface area contributed by atoms with Gasteiger partial charge < -0.3 is 10.6 Å². The molecule has 0 aliphatic rings. The normalized spacial score (nSPS) is 10.3. The molecule has 0 radical (unpaired) electrons. The lowest BCUT2D eigenvalue weighted by molar-refractivity contribution is -0.115. The molecular formula is C21H16Cl2N2O2. The van der Waals surface area contributed by atoms with Gasteiger partial charge in [0.1, 0.15) is 0 Å². The molecule has 0 atom stereocenters. The summed E-state index contributed by atoms with van der Waals surface area (Å²) < 4.78 is 0. The van der Waals surface area contributed by atoms with E-state index >= 15 is 0 Å². The van der Waals surface area contributed by atoms with Crippen molar-refractivity contribution in [2.75, 3.05) is 10.6 Å². The molecule has 3 aromatic rings. The lowest BCUT2D eigenvalue weighted by atomic mass is 10.1. The number of anilines is 2. The fraction of sp³-hybridized carbons (Fsp3) is 0.0476. The highest BCUT2D eigenvalue weighted by atomic mass is 35.5. The van der Waals surface area contributed by atoms with Crippen molar-refractivity contribution in [3.05, 3.63) is 94.0 Å². The van der Waals surface area contributed by atoms with Gasteiger partial charge in [0.15, 0.2) is 0 Å². The minimum Gasteiger partial charge on any atom is -0.326 e. The van der Waals surface area contributed by atoms with Gasteiger partial charge in [-0.3, -0.25) is 9.59 Å². The molecule has 0 bridgehead atoms. The van der Waals surface area contributed by atoms with Crippen LogP contribution in [0.25, 0.3) is 0 Å². The first-order valence-electron chi connectivity index (χ1n) is 8.21. The third-order valence-electron chi connectivity index (χ3n) is 3.81. The van der Waals surface area contributed by atoms with Crippen molar-refractivity contribution in [2.45, 2.75) is 6.42 Å². The van der Waals surface area contributed by atoms with Crippen molar-refractivity contribution in [1.82, 2.24) is 0 Å². The van der Waals surface area contributed by atoms with E-state index in [-0.39, 0.29) is 18.2 Å². The molecule has 6 heteroatoms. The first kappa shape index (κ1) is 19.0. The molecule has 0 fully saturated rings. The molecule has 2 amide bonds. The number of halogens is 2. The second-order valence-corrected chi connectivity index (χ2v) is 6.71. The number of hydrogen-bond acceptors (Lipinski definition) is 2. The Morgan fingerprint density at radius 2 is 1.52 bits per heavy atom. The van der Waals surface area contributed by atoms with Crippen LogP contribution in [0.5, 0.6) is 0 Å². The molecule has 0 aliphatic heterocycles. The summed E-state index contributed by atoms with van der Waals surface area (Å²) in [5.74, 6) is -0.425. The predicted octanol–water partition coefficient (Wildman–Crippen LogP) is 5.43. The van der Waals surface area contributed by atoms with Gasteiger partial charge >= 0.3 is 0 Å². The molecule has 2 N–H and O–H groups in total. The number of nitrogens with one attached hydrogen (secondary N) is 2.